The van der Waals surface area contributed by atoms with Gasteiger partial charge in [0.2, 0.25) is 0 Å². The van der Waals surface area contributed by atoms with Gasteiger partial charge in [-0.15, -0.1) is 0 Å². The molecule has 0 atom stereocenters. The normalized spacial score (nSPS) is 18.4. The first-order valence-corrected chi connectivity index (χ1v) is 12.6. The molecule has 4 rings (SSSR count). The van der Waals surface area contributed by atoms with Crippen LogP contribution in [0, 0.1) is 5.92 Å². The molecule has 0 bridgehead atoms. The molecule has 1 aromatic heterocycles. The molecule has 6 nitrogen and oxygen atoms in total. The van der Waals surface area contributed by atoms with Gasteiger partial charge >= 0.3 is 6.09 Å². The Morgan fingerprint density at radius 2 is 1.88 bits per heavy atom. The van der Waals surface area contributed by atoms with Crippen molar-refractivity contribution in [1.29, 1.82) is 0 Å². The van der Waals surface area contributed by atoms with Gasteiger partial charge in [-0.25, -0.2) is 4.79 Å². The lowest BCUT2D eigenvalue weighted by atomic mass is 9.91. The fourth-order valence-corrected chi connectivity index (χ4v) is 5.05. The standard InChI is InChI=1S/C27H39N3O3/c1-5-9-22-24(29-16-7-6-8-17-29)13-11-21-23(28-33-25(21)22)12-10-20-14-18-30(19-15-20)26(31)32-27(2,3)4/h5,9,11,13,20H,6-8,10,12,14-19H2,1-4H3. The molecule has 0 radical (unpaired) electrons. The molecule has 0 unspecified atom stereocenters. The minimum absolute atomic E-state index is 0.190. The summed E-state index contributed by atoms with van der Waals surface area (Å²) in [4.78, 5) is 16.6. The first-order chi connectivity index (χ1) is 15.9. The Kier molecular flexibility index (Phi) is 7.30. The molecule has 33 heavy (non-hydrogen) atoms. The van der Waals surface area contributed by atoms with Crippen molar-refractivity contribution in [3.05, 3.63) is 29.5 Å². The highest BCUT2D eigenvalue weighted by atomic mass is 16.6. The second-order valence-electron chi connectivity index (χ2n) is 10.5. The van der Waals surface area contributed by atoms with Crippen LogP contribution in [0.4, 0.5) is 10.5 Å². The summed E-state index contributed by atoms with van der Waals surface area (Å²) in [6, 6.07) is 4.45. The van der Waals surface area contributed by atoms with Crippen LogP contribution in [0.25, 0.3) is 17.0 Å². The third-order valence-electron chi connectivity index (χ3n) is 6.82. The van der Waals surface area contributed by atoms with E-state index in [9.17, 15) is 4.79 Å². The van der Waals surface area contributed by atoms with Crippen molar-refractivity contribution in [2.75, 3.05) is 31.1 Å². The number of fused-ring (bicyclic) bond motifs is 1. The smallest absolute Gasteiger partial charge is 0.410 e. The van der Waals surface area contributed by atoms with Crippen LogP contribution in [-0.2, 0) is 11.2 Å². The van der Waals surface area contributed by atoms with Gasteiger partial charge in [0.25, 0.3) is 0 Å². The van der Waals surface area contributed by atoms with Crippen molar-refractivity contribution in [2.24, 2.45) is 5.92 Å². The third-order valence-corrected chi connectivity index (χ3v) is 6.82. The summed E-state index contributed by atoms with van der Waals surface area (Å²) >= 11 is 0. The Balaban J connectivity index is 1.40. The molecule has 0 saturated carbocycles. The Hall–Kier alpha value is -2.50. The van der Waals surface area contributed by atoms with Gasteiger partial charge in [0.05, 0.1) is 5.69 Å². The average Bonchev–Trinajstić information content (AvgIpc) is 3.21. The summed E-state index contributed by atoms with van der Waals surface area (Å²) in [5.74, 6) is 0.595. The number of hydrogen-bond donors (Lipinski definition) is 0. The maximum atomic E-state index is 12.3. The molecule has 1 aromatic carbocycles. The zero-order valence-corrected chi connectivity index (χ0v) is 20.7. The Bertz CT molecular complexity index is 974. The van der Waals surface area contributed by atoms with E-state index in [0.717, 1.165) is 74.1 Å². The van der Waals surface area contributed by atoms with E-state index in [1.807, 2.05) is 25.7 Å². The van der Waals surface area contributed by atoms with Crippen LogP contribution < -0.4 is 4.90 Å². The Morgan fingerprint density at radius 3 is 2.55 bits per heavy atom. The molecular formula is C27H39N3O3. The number of allylic oxidation sites excluding steroid dienone is 1. The van der Waals surface area contributed by atoms with E-state index in [1.165, 1.54) is 24.9 Å². The van der Waals surface area contributed by atoms with Crippen molar-refractivity contribution in [1.82, 2.24) is 10.1 Å². The maximum Gasteiger partial charge on any atom is 0.410 e. The molecule has 2 aliphatic heterocycles. The number of nitrogens with zero attached hydrogens (tertiary/aromatic N) is 3. The molecule has 2 saturated heterocycles. The molecule has 2 aromatic rings. The van der Waals surface area contributed by atoms with Crippen molar-refractivity contribution >= 4 is 28.8 Å². The molecule has 2 aliphatic rings. The molecule has 0 N–H and O–H groups in total. The predicted octanol–water partition coefficient (Wildman–Crippen LogP) is 6.43. The highest BCUT2D eigenvalue weighted by molar-refractivity contribution is 5.93. The second-order valence-corrected chi connectivity index (χ2v) is 10.5. The summed E-state index contributed by atoms with van der Waals surface area (Å²) < 4.78 is 11.4. The van der Waals surface area contributed by atoms with Crippen LogP contribution in [0.3, 0.4) is 0 Å². The number of carbonyl (C=O) groups excluding carboxylic acids is 1. The maximum absolute atomic E-state index is 12.3. The Labute approximate surface area is 197 Å². The number of piperidine rings is 2. The molecule has 2 fully saturated rings. The zero-order chi connectivity index (χ0) is 23.4. The fourth-order valence-electron chi connectivity index (χ4n) is 5.05. The van der Waals surface area contributed by atoms with Crippen LogP contribution in [0.1, 0.15) is 77.5 Å². The third kappa shape index (κ3) is 5.71. The summed E-state index contributed by atoms with van der Waals surface area (Å²) in [6.45, 7) is 11.6. The molecule has 0 spiro atoms. The van der Waals surface area contributed by atoms with Gasteiger partial charge in [-0.05, 0) is 90.7 Å². The highest BCUT2D eigenvalue weighted by Crippen LogP contribution is 2.34. The molecule has 180 valence electrons. The van der Waals surface area contributed by atoms with Gasteiger partial charge in [-0.2, -0.15) is 0 Å². The highest BCUT2D eigenvalue weighted by Gasteiger charge is 2.27. The number of ether oxygens (including phenoxy) is 1. The lowest BCUT2D eigenvalue weighted by Gasteiger charge is -2.33. The minimum atomic E-state index is -0.443. The van der Waals surface area contributed by atoms with E-state index in [0.29, 0.717) is 5.92 Å². The van der Waals surface area contributed by atoms with Crippen molar-refractivity contribution in [2.45, 2.75) is 78.2 Å². The van der Waals surface area contributed by atoms with Gasteiger partial charge in [0.15, 0.2) is 5.58 Å². The van der Waals surface area contributed by atoms with E-state index >= 15 is 0 Å². The van der Waals surface area contributed by atoms with Gasteiger partial charge < -0.3 is 19.1 Å². The number of benzene rings is 1. The first kappa shape index (κ1) is 23.7. The summed E-state index contributed by atoms with van der Waals surface area (Å²) in [5.41, 5.74) is 3.93. The van der Waals surface area contributed by atoms with Gasteiger partial charge in [-0.1, -0.05) is 17.3 Å². The second kappa shape index (κ2) is 10.2. The Morgan fingerprint density at radius 1 is 1.15 bits per heavy atom. The van der Waals surface area contributed by atoms with E-state index in [4.69, 9.17) is 9.26 Å². The number of amides is 1. The number of rotatable bonds is 5. The largest absolute Gasteiger partial charge is 0.444 e. The number of likely N-dealkylation sites (tertiary alicyclic amines) is 1. The van der Waals surface area contributed by atoms with E-state index in [2.05, 4.69) is 41.3 Å². The van der Waals surface area contributed by atoms with Crippen molar-refractivity contribution in [3.8, 4) is 0 Å². The lowest BCUT2D eigenvalue weighted by molar-refractivity contribution is 0.0181. The number of anilines is 1. The zero-order valence-electron chi connectivity index (χ0n) is 20.7. The number of aromatic nitrogens is 1. The van der Waals surface area contributed by atoms with Crippen molar-refractivity contribution < 1.29 is 14.1 Å². The quantitative estimate of drug-likeness (QED) is 0.522. The number of carbonyl (C=O) groups is 1. The van der Waals surface area contributed by atoms with E-state index < -0.39 is 5.60 Å². The molecule has 0 aliphatic carbocycles. The summed E-state index contributed by atoms with van der Waals surface area (Å²) in [7, 11) is 0. The number of aryl methyl sites for hydroxylation is 1. The molecule has 1 amide bonds. The minimum Gasteiger partial charge on any atom is -0.444 e. The molecule has 3 heterocycles. The lowest BCUT2D eigenvalue weighted by Crippen LogP contribution is -2.41. The average molecular weight is 454 g/mol. The van der Waals surface area contributed by atoms with Crippen LogP contribution in [0.5, 0.6) is 0 Å². The topological polar surface area (TPSA) is 58.8 Å². The SMILES string of the molecule is CC=Cc1c(N2CCCCC2)ccc2c(CCC3CCN(C(=O)OC(C)(C)C)CC3)noc12. The van der Waals surface area contributed by atoms with Crippen LogP contribution in [0.15, 0.2) is 22.7 Å². The van der Waals surface area contributed by atoms with E-state index in [-0.39, 0.29) is 6.09 Å². The van der Waals surface area contributed by atoms with Crippen LogP contribution in [-0.4, -0.2) is 47.9 Å². The monoisotopic (exact) mass is 453 g/mol. The molecule has 6 heteroatoms. The predicted molar refractivity (Wildman–Crippen MR) is 134 cm³/mol. The summed E-state index contributed by atoms with van der Waals surface area (Å²) in [6.07, 6.45) is 11.9. The van der Waals surface area contributed by atoms with Gasteiger partial charge in [0, 0.05) is 42.8 Å². The van der Waals surface area contributed by atoms with Gasteiger partial charge in [0.1, 0.15) is 5.60 Å². The first-order valence-electron chi connectivity index (χ1n) is 12.6. The van der Waals surface area contributed by atoms with Crippen LogP contribution >= 0.6 is 0 Å². The summed E-state index contributed by atoms with van der Waals surface area (Å²) in [5, 5.41) is 5.61. The molecular weight excluding hydrogens is 414 g/mol. The van der Waals surface area contributed by atoms with Crippen molar-refractivity contribution in [3.63, 3.8) is 0 Å². The fraction of sp³-hybridized carbons (Fsp3) is 0.630. The van der Waals surface area contributed by atoms with E-state index in [1.54, 1.807) is 0 Å². The van der Waals surface area contributed by atoms with Crippen LogP contribution in [0.2, 0.25) is 0 Å². The van der Waals surface area contributed by atoms with Gasteiger partial charge in [-0.3, -0.25) is 0 Å². The number of hydrogen-bond acceptors (Lipinski definition) is 5.